The molecule has 4 rings (SSSR count). The number of aliphatic imine (C=N–C) groups is 1. The van der Waals surface area contributed by atoms with Crippen molar-refractivity contribution in [1.29, 1.82) is 5.26 Å². The van der Waals surface area contributed by atoms with Crippen LogP contribution in [0.25, 0.3) is 0 Å². The van der Waals surface area contributed by atoms with Crippen molar-refractivity contribution in [2.75, 3.05) is 20.2 Å². The molecule has 9 heteroatoms. The minimum absolute atomic E-state index is 0.0812. The SMILES string of the molecule is COc1ncc(CCC2C(c3ccc(C#N)c(F)c3)=NC(C(=O)N3CCCCC3)=C2Cl)cc1F. The van der Waals surface area contributed by atoms with E-state index in [0.29, 0.717) is 42.8 Å². The molecule has 1 atom stereocenters. The molecule has 0 N–H and O–H groups in total. The maximum absolute atomic E-state index is 14.4. The molecular weight excluding hydrogens is 462 g/mol. The number of carbonyl (C=O) groups is 1. The third-order valence-corrected chi connectivity index (χ3v) is 6.55. The average Bonchev–Trinajstić information content (AvgIpc) is 3.18. The van der Waals surface area contributed by atoms with Gasteiger partial charge in [-0.25, -0.2) is 18.8 Å². The molecule has 2 aliphatic rings. The zero-order valence-corrected chi connectivity index (χ0v) is 19.4. The van der Waals surface area contributed by atoms with Crippen LogP contribution in [-0.4, -0.2) is 41.7 Å². The highest BCUT2D eigenvalue weighted by molar-refractivity contribution is 6.36. The van der Waals surface area contributed by atoms with Crippen molar-refractivity contribution in [1.82, 2.24) is 9.88 Å². The number of nitriles is 1. The number of methoxy groups -OCH3 is 1. The van der Waals surface area contributed by atoms with Crippen LogP contribution in [0.15, 0.2) is 46.2 Å². The van der Waals surface area contributed by atoms with Gasteiger partial charge in [0.15, 0.2) is 5.82 Å². The first-order valence-corrected chi connectivity index (χ1v) is 11.5. The lowest BCUT2D eigenvalue weighted by Gasteiger charge is -2.26. The van der Waals surface area contributed by atoms with Crippen LogP contribution in [0.2, 0.25) is 0 Å². The second kappa shape index (κ2) is 10.3. The Hall–Kier alpha value is -3.31. The number of benzene rings is 1. The molecule has 0 saturated carbocycles. The monoisotopic (exact) mass is 484 g/mol. The summed E-state index contributed by atoms with van der Waals surface area (Å²) in [4.78, 5) is 23.4. The summed E-state index contributed by atoms with van der Waals surface area (Å²) in [5.41, 5.74) is 1.61. The van der Waals surface area contributed by atoms with Crippen LogP contribution in [0.4, 0.5) is 8.78 Å². The first kappa shape index (κ1) is 23.8. The Morgan fingerprint density at radius 1 is 1.24 bits per heavy atom. The Balaban J connectivity index is 1.65. The van der Waals surface area contributed by atoms with E-state index in [0.717, 1.165) is 19.3 Å². The Morgan fingerprint density at radius 3 is 2.65 bits per heavy atom. The fourth-order valence-electron chi connectivity index (χ4n) is 4.29. The van der Waals surface area contributed by atoms with E-state index in [1.807, 2.05) is 0 Å². The topological polar surface area (TPSA) is 78.6 Å². The minimum Gasteiger partial charge on any atom is -0.479 e. The van der Waals surface area contributed by atoms with Gasteiger partial charge in [-0.1, -0.05) is 17.7 Å². The van der Waals surface area contributed by atoms with Crippen LogP contribution >= 0.6 is 11.6 Å². The molecule has 1 unspecified atom stereocenters. The molecule has 6 nitrogen and oxygen atoms in total. The molecular formula is C25H23ClF2N4O2. The molecule has 0 radical (unpaired) electrons. The molecule has 1 saturated heterocycles. The van der Waals surface area contributed by atoms with Crippen LogP contribution in [0, 0.1) is 28.9 Å². The van der Waals surface area contributed by atoms with Gasteiger partial charge >= 0.3 is 0 Å². The van der Waals surface area contributed by atoms with E-state index in [9.17, 15) is 13.6 Å². The lowest BCUT2D eigenvalue weighted by Crippen LogP contribution is -2.36. The van der Waals surface area contributed by atoms with Crippen molar-refractivity contribution in [2.45, 2.75) is 32.1 Å². The van der Waals surface area contributed by atoms with Gasteiger partial charge in [0.2, 0.25) is 5.88 Å². The number of likely N-dealkylation sites (tertiary alicyclic amines) is 1. The fourth-order valence-corrected chi connectivity index (χ4v) is 4.63. The molecule has 1 aromatic carbocycles. The van der Waals surface area contributed by atoms with Gasteiger partial charge in [0.1, 0.15) is 17.6 Å². The first-order chi connectivity index (χ1) is 16.4. The van der Waals surface area contributed by atoms with Crippen molar-refractivity contribution >= 4 is 23.2 Å². The van der Waals surface area contributed by atoms with Gasteiger partial charge in [-0.3, -0.25) is 4.79 Å². The number of amides is 1. The highest BCUT2D eigenvalue weighted by Crippen LogP contribution is 2.37. The van der Waals surface area contributed by atoms with Crippen molar-refractivity contribution in [3.63, 3.8) is 0 Å². The summed E-state index contributed by atoms with van der Waals surface area (Å²) in [6.45, 7) is 1.29. The van der Waals surface area contributed by atoms with Crippen molar-refractivity contribution in [3.8, 4) is 11.9 Å². The number of halogens is 3. The summed E-state index contributed by atoms with van der Waals surface area (Å²) in [5.74, 6) is -2.06. The number of ether oxygens (including phenoxy) is 1. The highest BCUT2D eigenvalue weighted by Gasteiger charge is 2.35. The van der Waals surface area contributed by atoms with E-state index in [4.69, 9.17) is 21.6 Å². The number of rotatable bonds is 6. The fraction of sp³-hybridized carbons (Fsp3) is 0.360. The van der Waals surface area contributed by atoms with Gasteiger partial charge in [0.05, 0.1) is 23.4 Å². The number of aromatic nitrogens is 1. The summed E-state index contributed by atoms with van der Waals surface area (Å²) in [6.07, 6.45) is 5.25. The number of piperidine rings is 1. The molecule has 1 amide bonds. The highest BCUT2D eigenvalue weighted by atomic mass is 35.5. The van der Waals surface area contributed by atoms with Gasteiger partial charge in [0.25, 0.3) is 5.91 Å². The quantitative estimate of drug-likeness (QED) is 0.592. The summed E-state index contributed by atoms with van der Waals surface area (Å²) >= 11 is 6.71. The second-order valence-corrected chi connectivity index (χ2v) is 8.69. The number of pyridine rings is 1. The van der Waals surface area contributed by atoms with E-state index in [1.165, 1.54) is 31.5 Å². The lowest BCUT2D eigenvalue weighted by molar-refractivity contribution is -0.128. The lowest BCUT2D eigenvalue weighted by atomic mass is 9.91. The van der Waals surface area contributed by atoms with Crippen molar-refractivity contribution in [2.24, 2.45) is 10.9 Å². The van der Waals surface area contributed by atoms with Gasteiger partial charge in [-0.05, 0) is 61.4 Å². The predicted molar refractivity (Wildman–Crippen MR) is 124 cm³/mol. The third kappa shape index (κ3) is 4.80. The van der Waals surface area contributed by atoms with E-state index in [-0.39, 0.29) is 28.1 Å². The molecule has 176 valence electrons. The number of carbonyl (C=O) groups excluding carboxylic acids is 1. The number of nitrogens with zero attached hydrogens (tertiary/aromatic N) is 4. The van der Waals surface area contributed by atoms with E-state index in [1.54, 1.807) is 17.0 Å². The van der Waals surface area contributed by atoms with Crippen molar-refractivity contribution < 1.29 is 18.3 Å². The molecule has 0 bridgehead atoms. The molecule has 1 fully saturated rings. The van der Waals surface area contributed by atoms with Crippen molar-refractivity contribution in [3.05, 3.63) is 69.5 Å². The van der Waals surface area contributed by atoms with Crippen LogP contribution in [0.3, 0.4) is 0 Å². The average molecular weight is 485 g/mol. The second-order valence-electron chi connectivity index (χ2n) is 8.28. The maximum Gasteiger partial charge on any atom is 0.273 e. The van der Waals surface area contributed by atoms with Crippen LogP contribution in [0.5, 0.6) is 5.88 Å². The molecule has 0 aliphatic carbocycles. The zero-order valence-electron chi connectivity index (χ0n) is 18.7. The number of allylic oxidation sites excluding steroid dienone is 1. The van der Waals surface area contributed by atoms with E-state index < -0.39 is 17.6 Å². The Kier molecular flexibility index (Phi) is 7.23. The van der Waals surface area contributed by atoms with Gasteiger partial charge in [0, 0.05) is 25.2 Å². The van der Waals surface area contributed by atoms with Crippen LogP contribution < -0.4 is 4.74 Å². The van der Waals surface area contributed by atoms with Crippen LogP contribution in [-0.2, 0) is 11.2 Å². The molecule has 34 heavy (non-hydrogen) atoms. The number of aryl methyl sites for hydroxylation is 1. The standard InChI is InChI=1S/C25H23ClF2N4O2/c1-34-24-20(28)11-15(14-30-24)5-8-18-21(26)23(25(33)32-9-3-2-4-10-32)31-22(18)16-6-7-17(13-29)19(27)12-16/h6-7,11-12,14,18H,2-5,8-10H2,1H3. The number of hydrogen-bond donors (Lipinski definition) is 0. The Morgan fingerprint density at radius 2 is 2.00 bits per heavy atom. The summed E-state index contributed by atoms with van der Waals surface area (Å²) in [7, 11) is 1.34. The normalized spacial score (nSPS) is 18.0. The van der Waals surface area contributed by atoms with Crippen LogP contribution in [0.1, 0.15) is 42.4 Å². The largest absolute Gasteiger partial charge is 0.479 e. The molecule has 3 heterocycles. The molecule has 2 aliphatic heterocycles. The minimum atomic E-state index is -0.671. The molecule has 2 aromatic rings. The van der Waals surface area contributed by atoms with E-state index >= 15 is 0 Å². The summed E-state index contributed by atoms with van der Waals surface area (Å²) in [6, 6.07) is 7.35. The third-order valence-electron chi connectivity index (χ3n) is 6.10. The molecule has 0 spiro atoms. The predicted octanol–water partition coefficient (Wildman–Crippen LogP) is 4.75. The Bertz CT molecular complexity index is 1220. The van der Waals surface area contributed by atoms with Gasteiger partial charge < -0.3 is 9.64 Å². The van der Waals surface area contributed by atoms with Gasteiger partial charge in [-0.15, -0.1) is 0 Å². The smallest absolute Gasteiger partial charge is 0.273 e. The molecule has 1 aromatic heterocycles. The van der Waals surface area contributed by atoms with Gasteiger partial charge in [-0.2, -0.15) is 5.26 Å². The maximum atomic E-state index is 14.4. The summed E-state index contributed by atoms with van der Waals surface area (Å²) < 4.78 is 33.3. The zero-order chi connectivity index (χ0) is 24.2. The summed E-state index contributed by atoms with van der Waals surface area (Å²) in [5, 5.41) is 9.34. The number of hydrogen-bond acceptors (Lipinski definition) is 5. The van der Waals surface area contributed by atoms with E-state index in [2.05, 4.69) is 9.98 Å². The first-order valence-electron chi connectivity index (χ1n) is 11.1. The Labute approximate surface area is 201 Å².